The third kappa shape index (κ3) is 6.27. The van der Waals surface area contributed by atoms with Gasteiger partial charge < -0.3 is 0 Å². The fourth-order valence-corrected chi connectivity index (χ4v) is 1.18. The third-order valence-electron chi connectivity index (χ3n) is 2.09. The van der Waals surface area contributed by atoms with Gasteiger partial charge in [-0.25, -0.2) is 0 Å². The van der Waals surface area contributed by atoms with Gasteiger partial charge in [0.05, 0.1) is 0 Å². The molecule has 0 rings (SSSR count). The van der Waals surface area contributed by atoms with Crippen LogP contribution in [0.4, 0.5) is 0 Å². The Morgan fingerprint density at radius 1 is 1.27 bits per heavy atom. The van der Waals surface area contributed by atoms with Crippen molar-refractivity contribution in [1.82, 2.24) is 0 Å². The minimum absolute atomic E-state index is 0.233. The van der Waals surface area contributed by atoms with Crippen LogP contribution in [0.3, 0.4) is 0 Å². The Labute approximate surface area is 70.8 Å². The van der Waals surface area contributed by atoms with Crippen molar-refractivity contribution < 1.29 is 4.70 Å². The molecule has 0 bridgehead atoms. The van der Waals surface area contributed by atoms with Crippen LogP contribution in [0.5, 0.6) is 0 Å². The molecule has 0 aliphatic rings. The first kappa shape index (κ1) is 10.9. The van der Waals surface area contributed by atoms with Crippen molar-refractivity contribution in [2.24, 2.45) is 5.41 Å². The summed E-state index contributed by atoms with van der Waals surface area (Å²) in [6, 6.07) is 0. The Balaban J connectivity index is 3.45. The van der Waals surface area contributed by atoms with Gasteiger partial charge in [-0.2, -0.15) is 0 Å². The van der Waals surface area contributed by atoms with E-state index in [-0.39, 0.29) is 5.41 Å². The molecule has 2 heteroatoms. The Kier molecular flexibility index (Phi) is 5.44. The van der Waals surface area contributed by atoms with Crippen LogP contribution in [0.1, 0.15) is 46.5 Å². The molecule has 0 aromatic heterocycles. The fraction of sp³-hybridized carbons (Fsp3) is 1.00. The summed E-state index contributed by atoms with van der Waals surface area (Å²) in [5.41, 5.74) is 0.233. The maximum atomic E-state index is 10.3. The van der Waals surface area contributed by atoms with E-state index in [0.717, 1.165) is 7.15 Å². The van der Waals surface area contributed by atoms with Gasteiger partial charge in [0.15, 0.2) is 0 Å². The molecule has 0 aromatic carbocycles. The SMILES string of the molecule is CCCCCC(C)(C)CB=O. The molecule has 0 heterocycles. The Morgan fingerprint density at radius 3 is 2.36 bits per heavy atom. The molecule has 0 spiro atoms. The van der Waals surface area contributed by atoms with Gasteiger partial charge in [0.25, 0.3) is 0 Å². The second-order valence-corrected chi connectivity index (χ2v) is 3.99. The van der Waals surface area contributed by atoms with Crippen molar-refractivity contribution in [3.8, 4) is 0 Å². The van der Waals surface area contributed by atoms with E-state index in [0.29, 0.717) is 6.32 Å². The molecule has 0 saturated heterocycles. The zero-order valence-corrected chi connectivity index (χ0v) is 8.02. The molecule has 0 aliphatic carbocycles. The topological polar surface area (TPSA) is 17.1 Å². The second kappa shape index (κ2) is 5.51. The Bertz CT molecular complexity index is 110. The summed E-state index contributed by atoms with van der Waals surface area (Å²) in [6.07, 6.45) is 5.70. The van der Waals surface area contributed by atoms with Crippen molar-refractivity contribution >= 4 is 7.15 Å². The standard InChI is InChI=1S/C9H19BO/c1-4-5-6-7-9(2,3)8-10-11/h4-8H2,1-3H3. The summed E-state index contributed by atoms with van der Waals surface area (Å²) in [5.74, 6) is 0. The number of unbranched alkanes of at least 4 members (excludes halogenated alkanes) is 2. The van der Waals surface area contributed by atoms with Crippen LogP contribution in [-0.2, 0) is 4.70 Å². The van der Waals surface area contributed by atoms with Gasteiger partial charge in [0.1, 0.15) is 0 Å². The fourth-order valence-electron chi connectivity index (χ4n) is 1.18. The summed E-state index contributed by atoms with van der Waals surface area (Å²) in [4.78, 5) is 0. The maximum absolute atomic E-state index is 10.3. The van der Waals surface area contributed by atoms with E-state index in [4.69, 9.17) is 0 Å². The van der Waals surface area contributed by atoms with Gasteiger partial charge in [-0.1, -0.05) is 0 Å². The first-order valence-corrected chi connectivity index (χ1v) is 4.56. The van der Waals surface area contributed by atoms with Crippen LogP contribution >= 0.6 is 0 Å². The number of hydrogen-bond acceptors (Lipinski definition) is 1. The molecule has 0 unspecified atom stereocenters. The van der Waals surface area contributed by atoms with Crippen molar-refractivity contribution in [3.05, 3.63) is 0 Å². The summed E-state index contributed by atoms with van der Waals surface area (Å²) < 4.78 is 10.3. The van der Waals surface area contributed by atoms with Crippen molar-refractivity contribution in [1.29, 1.82) is 0 Å². The zero-order chi connectivity index (χ0) is 8.74. The van der Waals surface area contributed by atoms with Crippen LogP contribution in [-0.4, -0.2) is 7.15 Å². The predicted molar refractivity (Wildman–Crippen MR) is 49.2 cm³/mol. The van der Waals surface area contributed by atoms with E-state index >= 15 is 0 Å². The zero-order valence-electron chi connectivity index (χ0n) is 8.02. The molecule has 0 N–H and O–H groups in total. The quantitative estimate of drug-likeness (QED) is 0.424. The number of hydrogen-bond donors (Lipinski definition) is 0. The van der Waals surface area contributed by atoms with Gasteiger partial charge in [-0.05, 0) is 0 Å². The molecular formula is C9H19BO. The van der Waals surface area contributed by atoms with E-state index in [1.54, 1.807) is 0 Å². The Morgan fingerprint density at radius 2 is 1.91 bits per heavy atom. The molecule has 0 atom stereocenters. The monoisotopic (exact) mass is 154 g/mol. The predicted octanol–water partition coefficient (Wildman–Crippen LogP) is 3.06. The first-order valence-electron chi connectivity index (χ1n) is 4.56. The summed E-state index contributed by atoms with van der Waals surface area (Å²) >= 11 is 0. The van der Waals surface area contributed by atoms with E-state index in [9.17, 15) is 4.70 Å². The molecule has 1 nitrogen and oxygen atoms in total. The molecule has 0 fully saturated rings. The van der Waals surface area contributed by atoms with Crippen molar-refractivity contribution in [2.75, 3.05) is 0 Å². The average Bonchev–Trinajstić information content (AvgIpc) is 1.87. The molecular weight excluding hydrogens is 135 g/mol. The average molecular weight is 154 g/mol. The second-order valence-electron chi connectivity index (χ2n) is 3.99. The molecule has 64 valence electrons. The van der Waals surface area contributed by atoms with E-state index < -0.39 is 0 Å². The van der Waals surface area contributed by atoms with E-state index in [1.165, 1.54) is 25.7 Å². The first-order chi connectivity index (χ1) is 5.12. The third-order valence-corrected chi connectivity index (χ3v) is 2.09. The van der Waals surface area contributed by atoms with Crippen LogP contribution < -0.4 is 0 Å². The molecule has 0 saturated carbocycles. The number of rotatable bonds is 6. The summed E-state index contributed by atoms with van der Waals surface area (Å²) in [5, 5.41) is 0. The van der Waals surface area contributed by atoms with Gasteiger partial charge in [-0.3, -0.25) is 0 Å². The van der Waals surface area contributed by atoms with E-state index in [2.05, 4.69) is 20.8 Å². The van der Waals surface area contributed by atoms with Crippen LogP contribution in [0.15, 0.2) is 0 Å². The van der Waals surface area contributed by atoms with E-state index in [1.807, 2.05) is 0 Å². The van der Waals surface area contributed by atoms with Crippen molar-refractivity contribution in [2.45, 2.75) is 52.8 Å². The molecule has 0 radical (unpaired) electrons. The van der Waals surface area contributed by atoms with Gasteiger partial charge in [-0.15, -0.1) is 0 Å². The van der Waals surface area contributed by atoms with Gasteiger partial charge in [0.2, 0.25) is 0 Å². The normalized spacial score (nSPS) is 11.2. The van der Waals surface area contributed by atoms with Gasteiger partial charge in [0, 0.05) is 0 Å². The van der Waals surface area contributed by atoms with Crippen LogP contribution in [0.25, 0.3) is 0 Å². The van der Waals surface area contributed by atoms with Gasteiger partial charge >= 0.3 is 70.0 Å². The summed E-state index contributed by atoms with van der Waals surface area (Å²) in [6.45, 7) is 6.53. The van der Waals surface area contributed by atoms with Crippen LogP contribution in [0, 0.1) is 5.41 Å². The molecule has 0 aliphatic heterocycles. The van der Waals surface area contributed by atoms with Crippen LogP contribution in [0.2, 0.25) is 6.32 Å². The molecule has 0 aromatic rings. The summed E-state index contributed by atoms with van der Waals surface area (Å²) in [7, 11) is 1.03. The van der Waals surface area contributed by atoms with Crippen molar-refractivity contribution in [3.63, 3.8) is 0 Å². The Hall–Kier alpha value is -0.135. The molecule has 0 amide bonds. The minimum atomic E-state index is 0.233. The molecule has 11 heavy (non-hydrogen) atoms.